The van der Waals surface area contributed by atoms with Gasteiger partial charge >= 0.3 is 0 Å². The van der Waals surface area contributed by atoms with Gasteiger partial charge in [0.15, 0.2) is 0 Å². The molecule has 114 valence electrons. The van der Waals surface area contributed by atoms with E-state index < -0.39 is 0 Å². The van der Waals surface area contributed by atoms with E-state index in [1.165, 1.54) is 19.4 Å². The maximum absolute atomic E-state index is 5.32. The lowest BCUT2D eigenvalue weighted by molar-refractivity contribution is 0.0569. The molecule has 0 aromatic rings. The minimum absolute atomic E-state index is 0.513. The lowest BCUT2D eigenvalue weighted by Gasteiger charge is -2.43. The van der Waals surface area contributed by atoms with Gasteiger partial charge in [-0.1, -0.05) is 20.8 Å². The topological polar surface area (TPSA) is 24.5 Å². The van der Waals surface area contributed by atoms with Crippen LogP contribution in [-0.4, -0.2) is 50.8 Å². The summed E-state index contributed by atoms with van der Waals surface area (Å²) in [4.78, 5) is 2.57. The quantitative estimate of drug-likeness (QED) is 0.769. The number of nitrogens with zero attached hydrogens (tertiary/aromatic N) is 1. The number of rotatable bonds is 7. The number of likely N-dealkylation sites (N-methyl/N-ethyl adjacent to an activating group) is 1. The molecular weight excluding hydrogens is 236 g/mol. The Bertz CT molecular complexity index is 247. The zero-order valence-corrected chi connectivity index (χ0v) is 13.8. The highest BCUT2D eigenvalue weighted by Crippen LogP contribution is 2.34. The first-order valence-electron chi connectivity index (χ1n) is 7.93. The van der Waals surface area contributed by atoms with Gasteiger partial charge in [-0.05, 0) is 51.1 Å². The van der Waals surface area contributed by atoms with Crippen LogP contribution in [0.3, 0.4) is 0 Å². The van der Waals surface area contributed by atoms with Gasteiger partial charge in [0.2, 0.25) is 0 Å². The number of ether oxygens (including phenoxy) is 1. The van der Waals surface area contributed by atoms with E-state index in [2.05, 4.69) is 45.0 Å². The molecule has 0 aromatic heterocycles. The first kappa shape index (κ1) is 16.9. The second-order valence-corrected chi connectivity index (χ2v) is 6.50. The zero-order valence-electron chi connectivity index (χ0n) is 13.8. The summed E-state index contributed by atoms with van der Waals surface area (Å²) in [5.41, 5.74) is 0. The van der Waals surface area contributed by atoms with E-state index in [9.17, 15) is 0 Å². The van der Waals surface area contributed by atoms with Crippen molar-refractivity contribution < 1.29 is 4.74 Å². The molecule has 0 aromatic carbocycles. The summed E-state index contributed by atoms with van der Waals surface area (Å²) in [7, 11) is 3.92. The summed E-state index contributed by atoms with van der Waals surface area (Å²) in [5, 5.41) is 3.56. The summed E-state index contributed by atoms with van der Waals surface area (Å²) >= 11 is 0. The predicted molar refractivity (Wildman–Crippen MR) is 82.5 cm³/mol. The molecule has 0 radical (unpaired) electrons. The number of hydrogen-bond acceptors (Lipinski definition) is 3. The minimum Gasteiger partial charge on any atom is -0.383 e. The summed E-state index contributed by atoms with van der Waals surface area (Å²) in [6, 6.07) is 1.18. The highest BCUT2D eigenvalue weighted by Gasteiger charge is 2.34. The molecule has 0 spiro atoms. The maximum Gasteiger partial charge on any atom is 0.0615 e. The summed E-state index contributed by atoms with van der Waals surface area (Å²) < 4.78 is 5.32. The van der Waals surface area contributed by atoms with E-state index in [4.69, 9.17) is 4.74 Å². The highest BCUT2D eigenvalue weighted by molar-refractivity contribution is 4.89. The van der Waals surface area contributed by atoms with Crippen molar-refractivity contribution >= 4 is 0 Å². The molecule has 0 aliphatic heterocycles. The van der Waals surface area contributed by atoms with Gasteiger partial charge in [-0.25, -0.2) is 0 Å². The van der Waals surface area contributed by atoms with Crippen LogP contribution < -0.4 is 5.32 Å². The van der Waals surface area contributed by atoms with Gasteiger partial charge < -0.3 is 10.1 Å². The van der Waals surface area contributed by atoms with E-state index in [0.29, 0.717) is 12.1 Å². The van der Waals surface area contributed by atoms with Gasteiger partial charge in [-0.15, -0.1) is 0 Å². The Hall–Kier alpha value is -0.120. The molecule has 0 saturated heterocycles. The number of nitrogens with one attached hydrogen (secondary N) is 1. The molecule has 19 heavy (non-hydrogen) atoms. The average molecular weight is 270 g/mol. The third kappa shape index (κ3) is 4.73. The number of methoxy groups -OCH3 is 1. The molecule has 5 atom stereocenters. The first-order chi connectivity index (χ1) is 9.03. The Morgan fingerprint density at radius 3 is 2.53 bits per heavy atom. The third-order valence-electron chi connectivity index (χ3n) is 4.93. The van der Waals surface area contributed by atoms with Crippen molar-refractivity contribution in [2.75, 3.05) is 33.9 Å². The van der Waals surface area contributed by atoms with Crippen LogP contribution >= 0.6 is 0 Å². The smallest absolute Gasteiger partial charge is 0.0615 e. The molecule has 3 nitrogen and oxygen atoms in total. The van der Waals surface area contributed by atoms with Crippen LogP contribution in [0.5, 0.6) is 0 Å². The fourth-order valence-electron chi connectivity index (χ4n) is 3.79. The Morgan fingerprint density at radius 1 is 1.32 bits per heavy atom. The van der Waals surface area contributed by atoms with Crippen LogP contribution in [0, 0.1) is 17.8 Å². The Morgan fingerprint density at radius 2 is 2.00 bits per heavy atom. The van der Waals surface area contributed by atoms with Crippen LogP contribution in [0.2, 0.25) is 0 Å². The van der Waals surface area contributed by atoms with Gasteiger partial charge in [0, 0.05) is 25.7 Å². The minimum atomic E-state index is 0.513. The van der Waals surface area contributed by atoms with Crippen molar-refractivity contribution in [2.24, 2.45) is 17.8 Å². The molecule has 0 heterocycles. The van der Waals surface area contributed by atoms with Crippen molar-refractivity contribution in [3.8, 4) is 0 Å². The largest absolute Gasteiger partial charge is 0.383 e. The second-order valence-electron chi connectivity index (χ2n) is 6.50. The van der Waals surface area contributed by atoms with Gasteiger partial charge in [-0.3, -0.25) is 4.90 Å². The molecular formula is C16H34N2O. The molecule has 3 heteroatoms. The van der Waals surface area contributed by atoms with Gasteiger partial charge in [0.1, 0.15) is 0 Å². The first-order valence-corrected chi connectivity index (χ1v) is 7.93. The van der Waals surface area contributed by atoms with Crippen molar-refractivity contribution in [3.05, 3.63) is 0 Å². The number of hydrogen-bond donors (Lipinski definition) is 1. The van der Waals surface area contributed by atoms with Crippen LogP contribution in [0.1, 0.15) is 40.5 Å². The molecule has 0 bridgehead atoms. The van der Waals surface area contributed by atoms with Gasteiger partial charge in [-0.2, -0.15) is 0 Å². The summed E-state index contributed by atoms with van der Waals surface area (Å²) in [6.45, 7) is 12.5. The molecule has 1 saturated carbocycles. The van der Waals surface area contributed by atoms with Gasteiger partial charge in [0.05, 0.1) is 6.61 Å². The van der Waals surface area contributed by atoms with Crippen LogP contribution in [0.15, 0.2) is 0 Å². The molecule has 5 unspecified atom stereocenters. The Balaban J connectivity index is 2.64. The fourth-order valence-corrected chi connectivity index (χ4v) is 3.79. The standard InChI is InChI=1S/C16H34N2O/c1-7-18(14(4)11-19-6)10-15-13(3)8-12(2)9-16(15)17-5/h12-17H,7-11H2,1-6H3. The predicted octanol–water partition coefficient (Wildman–Crippen LogP) is 2.61. The van der Waals surface area contributed by atoms with E-state index in [0.717, 1.165) is 30.9 Å². The third-order valence-corrected chi connectivity index (χ3v) is 4.93. The maximum atomic E-state index is 5.32. The van der Waals surface area contributed by atoms with Crippen molar-refractivity contribution in [3.63, 3.8) is 0 Å². The molecule has 1 N–H and O–H groups in total. The van der Waals surface area contributed by atoms with Crippen molar-refractivity contribution in [1.29, 1.82) is 0 Å². The second kappa shape index (κ2) is 8.23. The monoisotopic (exact) mass is 270 g/mol. The van der Waals surface area contributed by atoms with Crippen molar-refractivity contribution in [2.45, 2.75) is 52.6 Å². The summed E-state index contributed by atoms with van der Waals surface area (Å²) in [6.07, 6.45) is 2.70. The van der Waals surface area contributed by atoms with Crippen LogP contribution in [0.25, 0.3) is 0 Å². The Labute approximate surface area is 120 Å². The average Bonchev–Trinajstić information content (AvgIpc) is 2.37. The molecule has 1 rings (SSSR count). The van der Waals surface area contributed by atoms with E-state index in [-0.39, 0.29) is 0 Å². The zero-order chi connectivity index (χ0) is 14.4. The molecule has 1 fully saturated rings. The van der Waals surface area contributed by atoms with Gasteiger partial charge in [0.25, 0.3) is 0 Å². The van der Waals surface area contributed by atoms with E-state index in [1.807, 2.05) is 0 Å². The van der Waals surface area contributed by atoms with Crippen LogP contribution in [0.4, 0.5) is 0 Å². The fraction of sp³-hybridized carbons (Fsp3) is 1.00. The molecule has 1 aliphatic carbocycles. The summed E-state index contributed by atoms with van der Waals surface area (Å²) in [5.74, 6) is 2.43. The molecule has 0 amide bonds. The lowest BCUT2D eigenvalue weighted by atomic mass is 9.72. The van der Waals surface area contributed by atoms with E-state index >= 15 is 0 Å². The lowest BCUT2D eigenvalue weighted by Crippen LogP contribution is -2.50. The Kier molecular flexibility index (Phi) is 7.33. The van der Waals surface area contributed by atoms with Crippen LogP contribution in [-0.2, 0) is 4.74 Å². The normalized spacial score (nSPS) is 33.6. The SMILES string of the molecule is CCN(CC1C(C)CC(C)CC1NC)C(C)COC. The van der Waals surface area contributed by atoms with E-state index in [1.54, 1.807) is 7.11 Å². The highest BCUT2D eigenvalue weighted by atomic mass is 16.5. The molecule has 1 aliphatic rings. The van der Waals surface area contributed by atoms with Crippen molar-refractivity contribution in [1.82, 2.24) is 10.2 Å².